The van der Waals surface area contributed by atoms with Gasteiger partial charge in [0, 0.05) is 36.8 Å². The van der Waals surface area contributed by atoms with E-state index in [1.807, 2.05) is 37.5 Å². The Bertz CT molecular complexity index is 904. The van der Waals surface area contributed by atoms with Crippen LogP contribution >= 0.6 is 0 Å². The minimum atomic E-state index is 0.219. The number of hydrogen-bond donors (Lipinski definition) is 2. The summed E-state index contributed by atoms with van der Waals surface area (Å²) in [5.74, 6) is 1.03. The number of likely N-dealkylation sites (N-methyl/N-ethyl adjacent to an activating group) is 1. The van der Waals surface area contributed by atoms with Gasteiger partial charge in [-0.3, -0.25) is 0 Å². The second kappa shape index (κ2) is 6.37. The van der Waals surface area contributed by atoms with Crippen LogP contribution in [-0.2, 0) is 7.05 Å². The summed E-state index contributed by atoms with van der Waals surface area (Å²) < 4.78 is 2.06. The predicted octanol–water partition coefficient (Wildman–Crippen LogP) is 2.85. The molecule has 0 bridgehead atoms. The fraction of sp³-hybridized carbons (Fsp3) is 0.368. The van der Waals surface area contributed by atoms with Gasteiger partial charge in [0.15, 0.2) is 5.82 Å². The Morgan fingerprint density at radius 3 is 2.80 bits per heavy atom. The van der Waals surface area contributed by atoms with Crippen LogP contribution in [0, 0.1) is 0 Å². The highest BCUT2D eigenvalue weighted by Crippen LogP contribution is 2.35. The van der Waals surface area contributed by atoms with Gasteiger partial charge in [0.1, 0.15) is 11.4 Å². The second-order valence-electron chi connectivity index (χ2n) is 6.85. The number of aromatic nitrogens is 3. The van der Waals surface area contributed by atoms with Crippen molar-refractivity contribution in [1.29, 1.82) is 0 Å². The van der Waals surface area contributed by atoms with Gasteiger partial charge in [-0.15, -0.1) is 10.2 Å². The molecule has 1 aliphatic heterocycles. The van der Waals surface area contributed by atoms with Gasteiger partial charge in [-0.2, -0.15) is 0 Å². The number of nitrogens with one attached hydrogen (secondary N) is 1. The summed E-state index contributed by atoms with van der Waals surface area (Å²) in [5, 5.41) is 23.7. The van der Waals surface area contributed by atoms with Crippen molar-refractivity contribution >= 4 is 16.7 Å². The van der Waals surface area contributed by atoms with E-state index in [4.69, 9.17) is 0 Å². The lowest BCUT2D eigenvalue weighted by Crippen LogP contribution is -2.40. The summed E-state index contributed by atoms with van der Waals surface area (Å²) in [6.07, 6.45) is 4.34. The summed E-state index contributed by atoms with van der Waals surface area (Å²) >= 11 is 0. The monoisotopic (exact) mass is 337 g/mol. The lowest BCUT2D eigenvalue weighted by atomic mass is 10.1. The Balaban J connectivity index is 1.77. The van der Waals surface area contributed by atoms with Crippen molar-refractivity contribution in [3.05, 3.63) is 36.5 Å². The molecule has 0 saturated carbocycles. The molecule has 0 spiro atoms. The van der Waals surface area contributed by atoms with Gasteiger partial charge >= 0.3 is 0 Å². The standard InChI is InChI=1S/C19H23N5O/c1-23-10-5-6-13(12-23)20-19-18-15(9-11-24(18)2)17(21-22-19)14-7-3-4-8-16(14)25/h3-4,7-9,11,13,25H,5-6,10,12H2,1-2H3,(H,20,22)/t13-/m1/s1. The highest BCUT2D eigenvalue weighted by atomic mass is 16.3. The second-order valence-corrected chi connectivity index (χ2v) is 6.85. The zero-order valence-corrected chi connectivity index (χ0v) is 14.6. The zero-order chi connectivity index (χ0) is 17.4. The summed E-state index contributed by atoms with van der Waals surface area (Å²) in [7, 11) is 4.16. The third kappa shape index (κ3) is 2.93. The van der Waals surface area contributed by atoms with Gasteiger partial charge in [0.25, 0.3) is 0 Å². The number of para-hydroxylation sites is 1. The fourth-order valence-corrected chi connectivity index (χ4v) is 3.66. The maximum atomic E-state index is 10.2. The smallest absolute Gasteiger partial charge is 0.173 e. The Labute approximate surface area is 147 Å². The van der Waals surface area contributed by atoms with Crippen LogP contribution < -0.4 is 5.32 Å². The summed E-state index contributed by atoms with van der Waals surface area (Å²) in [6.45, 7) is 2.16. The molecule has 3 aromatic rings. The highest BCUT2D eigenvalue weighted by Gasteiger charge is 2.21. The molecule has 0 aliphatic carbocycles. The van der Waals surface area contributed by atoms with Crippen LogP contribution in [0.3, 0.4) is 0 Å². The third-order valence-electron chi connectivity index (χ3n) is 4.93. The predicted molar refractivity (Wildman–Crippen MR) is 99.8 cm³/mol. The van der Waals surface area contributed by atoms with E-state index < -0.39 is 0 Å². The SMILES string of the molecule is CN1CCC[C@@H](Nc2nnc(-c3ccccc3O)c3ccn(C)c23)C1. The van der Waals surface area contributed by atoms with Crippen molar-refractivity contribution in [2.75, 3.05) is 25.5 Å². The molecule has 1 fully saturated rings. The molecule has 4 rings (SSSR count). The first kappa shape index (κ1) is 15.9. The van der Waals surface area contributed by atoms with E-state index in [0.29, 0.717) is 17.3 Å². The number of anilines is 1. The van der Waals surface area contributed by atoms with Gasteiger partial charge in [-0.25, -0.2) is 0 Å². The largest absolute Gasteiger partial charge is 0.507 e. The Kier molecular flexibility index (Phi) is 4.05. The minimum Gasteiger partial charge on any atom is -0.507 e. The maximum absolute atomic E-state index is 10.2. The molecular formula is C19H23N5O. The van der Waals surface area contributed by atoms with Gasteiger partial charge in [-0.05, 0) is 44.6 Å². The van der Waals surface area contributed by atoms with Crippen molar-refractivity contribution in [2.45, 2.75) is 18.9 Å². The van der Waals surface area contributed by atoms with Crippen LogP contribution in [0.5, 0.6) is 5.75 Å². The number of aromatic hydroxyl groups is 1. The van der Waals surface area contributed by atoms with Crippen molar-refractivity contribution < 1.29 is 5.11 Å². The van der Waals surface area contributed by atoms with E-state index in [1.165, 1.54) is 6.42 Å². The molecule has 3 heterocycles. The van der Waals surface area contributed by atoms with Crippen LogP contribution in [0.2, 0.25) is 0 Å². The topological polar surface area (TPSA) is 66.2 Å². The average Bonchev–Trinajstić information content (AvgIpc) is 2.99. The number of nitrogens with zero attached hydrogens (tertiary/aromatic N) is 4. The molecule has 1 saturated heterocycles. The first-order valence-corrected chi connectivity index (χ1v) is 8.68. The molecule has 6 heteroatoms. The molecule has 1 aromatic carbocycles. The first-order chi connectivity index (χ1) is 12.1. The number of aryl methyl sites for hydroxylation is 1. The third-order valence-corrected chi connectivity index (χ3v) is 4.93. The number of likely N-dealkylation sites (tertiary alicyclic amines) is 1. The molecule has 1 atom stereocenters. The number of fused-ring (bicyclic) bond motifs is 1. The zero-order valence-electron chi connectivity index (χ0n) is 14.6. The van der Waals surface area contributed by atoms with Crippen LogP contribution in [0.15, 0.2) is 36.5 Å². The van der Waals surface area contributed by atoms with Crippen molar-refractivity contribution in [3.8, 4) is 17.0 Å². The number of rotatable bonds is 3. The molecule has 2 N–H and O–H groups in total. The van der Waals surface area contributed by atoms with Gasteiger partial charge in [-0.1, -0.05) is 12.1 Å². The normalized spacial score (nSPS) is 18.6. The quantitative estimate of drug-likeness (QED) is 0.769. The Morgan fingerprint density at radius 1 is 1.16 bits per heavy atom. The molecule has 25 heavy (non-hydrogen) atoms. The van der Waals surface area contributed by atoms with Crippen LogP contribution in [0.25, 0.3) is 22.2 Å². The van der Waals surface area contributed by atoms with E-state index in [9.17, 15) is 5.11 Å². The van der Waals surface area contributed by atoms with Crippen LogP contribution in [0.4, 0.5) is 5.82 Å². The van der Waals surface area contributed by atoms with Gasteiger partial charge in [0.2, 0.25) is 0 Å². The lowest BCUT2D eigenvalue weighted by molar-refractivity contribution is 0.261. The van der Waals surface area contributed by atoms with E-state index in [-0.39, 0.29) is 5.75 Å². The number of hydrogen-bond acceptors (Lipinski definition) is 5. The number of benzene rings is 1. The summed E-state index contributed by atoms with van der Waals surface area (Å²) in [6, 6.07) is 9.66. The van der Waals surface area contributed by atoms with Crippen molar-refractivity contribution in [2.24, 2.45) is 7.05 Å². The van der Waals surface area contributed by atoms with E-state index in [0.717, 1.165) is 36.2 Å². The Hall–Kier alpha value is -2.60. The highest BCUT2D eigenvalue weighted by molar-refractivity contribution is 5.99. The molecular weight excluding hydrogens is 314 g/mol. The van der Waals surface area contributed by atoms with E-state index in [1.54, 1.807) is 6.07 Å². The molecule has 130 valence electrons. The van der Waals surface area contributed by atoms with E-state index >= 15 is 0 Å². The molecule has 2 aromatic heterocycles. The van der Waals surface area contributed by atoms with Crippen molar-refractivity contribution in [3.63, 3.8) is 0 Å². The number of phenols is 1. The molecule has 0 unspecified atom stereocenters. The van der Waals surface area contributed by atoms with Crippen LogP contribution in [0.1, 0.15) is 12.8 Å². The van der Waals surface area contributed by atoms with Crippen LogP contribution in [-0.4, -0.2) is 50.9 Å². The molecule has 0 radical (unpaired) electrons. The minimum absolute atomic E-state index is 0.219. The Morgan fingerprint density at radius 2 is 2.00 bits per heavy atom. The van der Waals surface area contributed by atoms with E-state index in [2.05, 4.69) is 32.0 Å². The molecule has 0 amide bonds. The van der Waals surface area contributed by atoms with Gasteiger partial charge < -0.3 is 19.9 Å². The van der Waals surface area contributed by atoms with Crippen molar-refractivity contribution in [1.82, 2.24) is 19.7 Å². The number of phenolic OH excluding ortho intramolecular Hbond substituents is 1. The van der Waals surface area contributed by atoms with Gasteiger partial charge in [0.05, 0.1) is 5.52 Å². The lowest BCUT2D eigenvalue weighted by Gasteiger charge is -2.30. The fourth-order valence-electron chi connectivity index (χ4n) is 3.66. The maximum Gasteiger partial charge on any atom is 0.173 e. The molecule has 1 aliphatic rings. The summed E-state index contributed by atoms with van der Waals surface area (Å²) in [5.41, 5.74) is 2.43. The first-order valence-electron chi connectivity index (χ1n) is 8.68. The summed E-state index contributed by atoms with van der Waals surface area (Å²) in [4.78, 5) is 2.34. The number of piperidine rings is 1. The average molecular weight is 337 g/mol. The molecule has 6 nitrogen and oxygen atoms in total.